The Balaban J connectivity index is 1.40. The van der Waals surface area contributed by atoms with E-state index in [2.05, 4.69) is 21.0 Å². The third kappa shape index (κ3) is 4.33. The standard InChI is InChI=1S/C20H19N5O2/c26-19(14-5-9-18(10-6-14)25-12-2-11-21-25)22-16-3-1-4-17(13-16)24-20(27)23-15-7-8-15/h1-6,9-13,15H,7-8H2,(H,22,26)(H2,23,24,27). The summed E-state index contributed by atoms with van der Waals surface area (Å²) in [6.07, 6.45) is 5.60. The van der Waals surface area contributed by atoms with Crippen LogP contribution >= 0.6 is 0 Å². The highest BCUT2D eigenvalue weighted by molar-refractivity contribution is 6.04. The zero-order valence-corrected chi connectivity index (χ0v) is 14.6. The van der Waals surface area contributed by atoms with E-state index in [0.717, 1.165) is 18.5 Å². The number of amides is 3. The summed E-state index contributed by atoms with van der Waals surface area (Å²) in [5.74, 6) is -0.221. The van der Waals surface area contributed by atoms with Crippen LogP contribution in [0.4, 0.5) is 16.2 Å². The van der Waals surface area contributed by atoms with E-state index in [9.17, 15) is 9.59 Å². The van der Waals surface area contributed by atoms with Gasteiger partial charge in [-0.25, -0.2) is 9.48 Å². The van der Waals surface area contributed by atoms with Crippen molar-refractivity contribution in [2.75, 3.05) is 10.6 Å². The lowest BCUT2D eigenvalue weighted by Gasteiger charge is -2.10. The molecule has 0 aliphatic heterocycles. The minimum absolute atomic E-state index is 0.221. The van der Waals surface area contributed by atoms with Crippen LogP contribution in [0.15, 0.2) is 67.0 Å². The number of nitrogens with one attached hydrogen (secondary N) is 3. The van der Waals surface area contributed by atoms with Crippen molar-refractivity contribution in [2.45, 2.75) is 18.9 Å². The van der Waals surface area contributed by atoms with Gasteiger partial charge in [0.1, 0.15) is 0 Å². The molecule has 3 aromatic rings. The van der Waals surface area contributed by atoms with E-state index in [4.69, 9.17) is 0 Å². The summed E-state index contributed by atoms with van der Waals surface area (Å²) in [4.78, 5) is 24.3. The highest BCUT2D eigenvalue weighted by Crippen LogP contribution is 2.20. The van der Waals surface area contributed by atoms with Crippen molar-refractivity contribution >= 4 is 23.3 Å². The van der Waals surface area contributed by atoms with Crippen LogP contribution < -0.4 is 16.0 Å². The molecule has 3 amide bonds. The Morgan fingerprint density at radius 3 is 2.37 bits per heavy atom. The average Bonchev–Trinajstić information content (AvgIpc) is 3.31. The molecule has 0 saturated heterocycles. The first-order chi connectivity index (χ1) is 13.2. The first kappa shape index (κ1) is 16.8. The molecular formula is C20H19N5O2. The topological polar surface area (TPSA) is 88.1 Å². The molecule has 1 fully saturated rings. The molecule has 1 aliphatic carbocycles. The normalized spacial score (nSPS) is 13.0. The number of anilines is 2. The summed E-state index contributed by atoms with van der Waals surface area (Å²) in [6, 6.07) is 16.1. The quantitative estimate of drug-likeness (QED) is 0.651. The second-order valence-electron chi connectivity index (χ2n) is 6.41. The molecular weight excluding hydrogens is 342 g/mol. The molecule has 7 nitrogen and oxygen atoms in total. The van der Waals surface area contributed by atoms with Crippen LogP contribution in [0, 0.1) is 0 Å². The highest BCUT2D eigenvalue weighted by Gasteiger charge is 2.23. The van der Waals surface area contributed by atoms with Gasteiger partial charge in [-0.15, -0.1) is 0 Å². The lowest BCUT2D eigenvalue weighted by molar-refractivity contribution is 0.102. The summed E-state index contributed by atoms with van der Waals surface area (Å²) in [5.41, 5.74) is 2.65. The van der Waals surface area contributed by atoms with Crippen molar-refractivity contribution < 1.29 is 9.59 Å². The Bertz CT molecular complexity index is 947. The van der Waals surface area contributed by atoms with E-state index >= 15 is 0 Å². The molecule has 1 saturated carbocycles. The Labute approximate surface area is 156 Å². The van der Waals surface area contributed by atoms with Crippen molar-refractivity contribution in [1.29, 1.82) is 0 Å². The van der Waals surface area contributed by atoms with Crippen LogP contribution in [0.5, 0.6) is 0 Å². The van der Waals surface area contributed by atoms with Crippen LogP contribution in [-0.4, -0.2) is 27.8 Å². The van der Waals surface area contributed by atoms with E-state index in [1.165, 1.54) is 0 Å². The second-order valence-corrected chi connectivity index (χ2v) is 6.41. The Kier molecular flexibility index (Phi) is 4.57. The van der Waals surface area contributed by atoms with Crippen LogP contribution in [0.3, 0.4) is 0 Å². The van der Waals surface area contributed by atoms with Gasteiger partial charge in [-0.1, -0.05) is 6.07 Å². The minimum atomic E-state index is -0.227. The number of carbonyl (C=O) groups is 2. The molecule has 1 heterocycles. The molecule has 0 unspecified atom stereocenters. The van der Waals surface area contributed by atoms with Gasteiger partial charge in [0.15, 0.2) is 0 Å². The fourth-order valence-electron chi connectivity index (χ4n) is 2.65. The average molecular weight is 361 g/mol. The van der Waals surface area contributed by atoms with Crippen LogP contribution in [0.1, 0.15) is 23.2 Å². The second kappa shape index (κ2) is 7.33. The monoisotopic (exact) mass is 361 g/mol. The van der Waals surface area contributed by atoms with Gasteiger partial charge in [0.05, 0.1) is 5.69 Å². The predicted molar refractivity (Wildman–Crippen MR) is 103 cm³/mol. The summed E-state index contributed by atoms with van der Waals surface area (Å²) in [5, 5.41) is 12.6. The number of nitrogens with zero attached hydrogens (tertiary/aromatic N) is 2. The summed E-state index contributed by atoms with van der Waals surface area (Å²) in [7, 11) is 0. The minimum Gasteiger partial charge on any atom is -0.335 e. The largest absolute Gasteiger partial charge is 0.335 e. The zero-order chi connectivity index (χ0) is 18.6. The molecule has 4 rings (SSSR count). The third-order valence-electron chi connectivity index (χ3n) is 4.19. The predicted octanol–water partition coefficient (Wildman–Crippen LogP) is 3.41. The van der Waals surface area contributed by atoms with Gasteiger partial charge in [0.2, 0.25) is 0 Å². The van der Waals surface area contributed by atoms with Crippen LogP contribution in [-0.2, 0) is 0 Å². The summed E-state index contributed by atoms with van der Waals surface area (Å²) >= 11 is 0. The van der Waals surface area contributed by atoms with Gasteiger partial charge in [-0.05, 0) is 61.4 Å². The number of carbonyl (C=O) groups excluding carboxylic acids is 2. The first-order valence-electron chi connectivity index (χ1n) is 8.76. The van der Waals surface area contributed by atoms with Gasteiger partial charge in [-0.3, -0.25) is 4.79 Å². The fraction of sp³-hybridized carbons (Fsp3) is 0.150. The molecule has 0 spiro atoms. The number of hydrogen-bond donors (Lipinski definition) is 3. The Hall–Kier alpha value is -3.61. The molecule has 1 aliphatic rings. The smallest absolute Gasteiger partial charge is 0.319 e. The maximum Gasteiger partial charge on any atom is 0.319 e. The molecule has 3 N–H and O–H groups in total. The lowest BCUT2D eigenvalue weighted by Crippen LogP contribution is -2.30. The Morgan fingerprint density at radius 2 is 1.70 bits per heavy atom. The van der Waals surface area contributed by atoms with E-state index in [1.54, 1.807) is 47.3 Å². The van der Waals surface area contributed by atoms with Crippen molar-refractivity contribution in [3.05, 3.63) is 72.6 Å². The number of hydrogen-bond acceptors (Lipinski definition) is 3. The van der Waals surface area contributed by atoms with Crippen molar-refractivity contribution in [1.82, 2.24) is 15.1 Å². The number of rotatable bonds is 5. The summed E-state index contributed by atoms with van der Waals surface area (Å²) < 4.78 is 1.73. The molecule has 2 aromatic carbocycles. The summed E-state index contributed by atoms with van der Waals surface area (Å²) in [6.45, 7) is 0. The van der Waals surface area contributed by atoms with E-state index in [1.807, 2.05) is 24.4 Å². The molecule has 0 radical (unpaired) electrons. The van der Waals surface area contributed by atoms with Crippen molar-refractivity contribution in [3.8, 4) is 5.69 Å². The fourth-order valence-corrected chi connectivity index (χ4v) is 2.65. The zero-order valence-electron chi connectivity index (χ0n) is 14.6. The van der Waals surface area contributed by atoms with E-state index < -0.39 is 0 Å². The maximum atomic E-state index is 12.5. The van der Waals surface area contributed by atoms with Gasteiger partial charge in [0, 0.05) is 35.4 Å². The SMILES string of the molecule is O=C(Nc1cccc(NC(=O)c2ccc(-n3cccn3)cc2)c1)NC1CC1. The molecule has 1 aromatic heterocycles. The van der Waals surface area contributed by atoms with Crippen LogP contribution in [0.2, 0.25) is 0 Å². The Morgan fingerprint density at radius 1 is 0.963 bits per heavy atom. The number of urea groups is 1. The van der Waals surface area contributed by atoms with Gasteiger partial charge in [-0.2, -0.15) is 5.10 Å². The molecule has 136 valence electrons. The van der Waals surface area contributed by atoms with Gasteiger partial charge >= 0.3 is 6.03 Å². The molecule has 0 bridgehead atoms. The number of benzene rings is 2. The molecule has 27 heavy (non-hydrogen) atoms. The van der Waals surface area contributed by atoms with Gasteiger partial charge in [0.25, 0.3) is 5.91 Å². The van der Waals surface area contributed by atoms with E-state index in [-0.39, 0.29) is 18.0 Å². The molecule has 7 heteroatoms. The highest BCUT2D eigenvalue weighted by atomic mass is 16.2. The lowest BCUT2D eigenvalue weighted by atomic mass is 10.2. The number of aromatic nitrogens is 2. The first-order valence-corrected chi connectivity index (χ1v) is 8.76. The van der Waals surface area contributed by atoms with Gasteiger partial charge < -0.3 is 16.0 Å². The van der Waals surface area contributed by atoms with Crippen molar-refractivity contribution in [3.63, 3.8) is 0 Å². The third-order valence-corrected chi connectivity index (χ3v) is 4.19. The maximum absolute atomic E-state index is 12.5. The van der Waals surface area contributed by atoms with Crippen molar-refractivity contribution in [2.24, 2.45) is 0 Å². The van der Waals surface area contributed by atoms with Crippen LogP contribution in [0.25, 0.3) is 5.69 Å². The molecule has 0 atom stereocenters. The van der Waals surface area contributed by atoms with E-state index in [0.29, 0.717) is 16.9 Å².